The van der Waals surface area contributed by atoms with Crippen molar-refractivity contribution in [3.05, 3.63) is 47.7 Å². The molecule has 0 radical (unpaired) electrons. The molecular formula is C12H12N2O3. The molecule has 88 valence electrons. The fourth-order valence-electron chi connectivity index (χ4n) is 1.48. The van der Waals surface area contributed by atoms with Gasteiger partial charge in [-0.2, -0.15) is 0 Å². The molecule has 0 amide bonds. The van der Waals surface area contributed by atoms with Crippen LogP contribution in [-0.2, 0) is 6.54 Å². The summed E-state index contributed by atoms with van der Waals surface area (Å²) in [6.45, 7) is 2.30. The number of rotatable bonds is 4. The summed E-state index contributed by atoms with van der Waals surface area (Å²) >= 11 is 0. The molecule has 2 aromatic heterocycles. The molecule has 5 heteroatoms. The average molecular weight is 232 g/mol. The van der Waals surface area contributed by atoms with Crippen molar-refractivity contribution in [3.8, 4) is 0 Å². The molecule has 0 aliphatic rings. The number of anilines is 1. The van der Waals surface area contributed by atoms with Crippen molar-refractivity contribution in [2.75, 3.05) is 5.32 Å². The van der Waals surface area contributed by atoms with Gasteiger partial charge in [0.05, 0.1) is 12.2 Å². The Morgan fingerprint density at radius 2 is 2.29 bits per heavy atom. The number of nitrogens with zero attached hydrogens (tertiary/aromatic N) is 1. The van der Waals surface area contributed by atoms with E-state index in [0.29, 0.717) is 12.2 Å². The minimum absolute atomic E-state index is 0.149. The lowest BCUT2D eigenvalue weighted by atomic mass is 10.2. The molecule has 2 heterocycles. The van der Waals surface area contributed by atoms with E-state index in [1.54, 1.807) is 12.3 Å². The molecule has 2 aromatic rings. The zero-order valence-corrected chi connectivity index (χ0v) is 9.30. The van der Waals surface area contributed by atoms with E-state index in [4.69, 9.17) is 9.52 Å². The zero-order chi connectivity index (χ0) is 12.3. The van der Waals surface area contributed by atoms with Crippen LogP contribution in [0.2, 0.25) is 0 Å². The maximum absolute atomic E-state index is 10.9. The molecule has 0 atom stereocenters. The van der Waals surface area contributed by atoms with Crippen molar-refractivity contribution in [3.63, 3.8) is 0 Å². The number of aromatic nitrogens is 1. The highest BCUT2D eigenvalue weighted by Crippen LogP contribution is 2.15. The number of aromatic carboxylic acids is 1. The smallest absolute Gasteiger partial charge is 0.339 e. The lowest BCUT2D eigenvalue weighted by Crippen LogP contribution is -2.06. The number of aryl methyl sites for hydroxylation is 1. The quantitative estimate of drug-likeness (QED) is 0.845. The summed E-state index contributed by atoms with van der Waals surface area (Å²) in [7, 11) is 0. The van der Waals surface area contributed by atoms with Crippen LogP contribution in [0, 0.1) is 6.92 Å². The molecule has 0 aliphatic heterocycles. The highest BCUT2D eigenvalue weighted by atomic mass is 16.4. The number of carbonyl (C=O) groups is 1. The lowest BCUT2D eigenvalue weighted by Gasteiger charge is -2.07. The van der Waals surface area contributed by atoms with Gasteiger partial charge in [0, 0.05) is 12.4 Å². The van der Waals surface area contributed by atoms with Crippen LogP contribution in [0.5, 0.6) is 0 Å². The fourth-order valence-corrected chi connectivity index (χ4v) is 1.48. The van der Waals surface area contributed by atoms with Crippen LogP contribution in [0.4, 0.5) is 5.69 Å². The van der Waals surface area contributed by atoms with Gasteiger partial charge in [0.2, 0.25) is 0 Å². The summed E-state index contributed by atoms with van der Waals surface area (Å²) in [5, 5.41) is 12.0. The van der Waals surface area contributed by atoms with Crippen molar-refractivity contribution in [1.82, 2.24) is 4.98 Å². The van der Waals surface area contributed by atoms with Gasteiger partial charge in [-0.15, -0.1) is 0 Å². The Morgan fingerprint density at radius 3 is 2.94 bits per heavy atom. The van der Waals surface area contributed by atoms with Crippen LogP contribution >= 0.6 is 0 Å². The summed E-state index contributed by atoms with van der Waals surface area (Å²) in [5.74, 6) is 0.585. The number of hydrogen-bond acceptors (Lipinski definition) is 4. The van der Waals surface area contributed by atoms with Gasteiger partial charge < -0.3 is 14.8 Å². The second kappa shape index (κ2) is 4.69. The topological polar surface area (TPSA) is 75.4 Å². The van der Waals surface area contributed by atoms with Crippen molar-refractivity contribution in [1.29, 1.82) is 0 Å². The molecule has 0 aromatic carbocycles. The summed E-state index contributed by atoms with van der Waals surface area (Å²) in [5.41, 5.74) is 0.678. The number of carboxylic acids is 1. The number of hydrogen-bond donors (Lipinski definition) is 2. The third-order valence-corrected chi connectivity index (χ3v) is 2.30. The summed E-state index contributed by atoms with van der Waals surface area (Å²) in [6, 6.07) is 5.34. The molecule has 0 saturated heterocycles. The van der Waals surface area contributed by atoms with Crippen LogP contribution in [0.3, 0.4) is 0 Å². The molecule has 2 N–H and O–H groups in total. The Hall–Kier alpha value is -2.30. The molecule has 0 fully saturated rings. The van der Waals surface area contributed by atoms with Gasteiger partial charge in [-0.25, -0.2) is 4.79 Å². The Kier molecular flexibility index (Phi) is 3.09. The first-order valence-electron chi connectivity index (χ1n) is 5.13. The van der Waals surface area contributed by atoms with E-state index < -0.39 is 5.97 Å². The fraction of sp³-hybridized carbons (Fsp3) is 0.167. The number of furan rings is 1. The van der Waals surface area contributed by atoms with E-state index in [0.717, 1.165) is 11.5 Å². The van der Waals surface area contributed by atoms with Gasteiger partial charge in [0.15, 0.2) is 0 Å². The second-order valence-electron chi connectivity index (χ2n) is 3.59. The lowest BCUT2D eigenvalue weighted by molar-refractivity contribution is 0.0697. The Morgan fingerprint density at radius 1 is 1.47 bits per heavy atom. The maximum atomic E-state index is 10.9. The van der Waals surface area contributed by atoms with Crippen molar-refractivity contribution in [2.45, 2.75) is 13.5 Å². The molecule has 0 saturated carbocycles. The summed E-state index contributed by atoms with van der Waals surface area (Å²) in [4.78, 5) is 14.7. The molecule has 5 nitrogen and oxygen atoms in total. The minimum atomic E-state index is -1.00. The molecule has 2 rings (SSSR count). The van der Waals surface area contributed by atoms with Crippen LogP contribution in [0.25, 0.3) is 0 Å². The largest absolute Gasteiger partial charge is 0.478 e. The molecule has 0 spiro atoms. The van der Waals surface area contributed by atoms with Crippen LogP contribution in [-0.4, -0.2) is 16.1 Å². The summed E-state index contributed by atoms with van der Waals surface area (Å²) in [6.07, 6.45) is 2.86. The molecule has 0 unspecified atom stereocenters. The van der Waals surface area contributed by atoms with Gasteiger partial charge in [-0.05, 0) is 25.1 Å². The zero-order valence-electron chi connectivity index (χ0n) is 9.30. The summed E-state index contributed by atoms with van der Waals surface area (Å²) < 4.78 is 5.38. The standard InChI is InChI=1S/C12H12N2O3/c1-8-2-3-9(17-8)6-14-11-4-5-13-7-10(11)12(15)16/h2-5,7H,6H2,1H3,(H,13,14)(H,15,16). The molecule has 17 heavy (non-hydrogen) atoms. The van der Waals surface area contributed by atoms with Crippen molar-refractivity contribution in [2.24, 2.45) is 0 Å². The Bertz CT molecular complexity index is 534. The van der Waals surface area contributed by atoms with Crippen molar-refractivity contribution >= 4 is 11.7 Å². The van der Waals surface area contributed by atoms with Gasteiger partial charge in [0.1, 0.15) is 17.1 Å². The Labute approximate surface area is 98.1 Å². The number of carboxylic acid groups (broad SMARTS) is 1. The average Bonchev–Trinajstić information content (AvgIpc) is 2.73. The third kappa shape index (κ3) is 2.63. The SMILES string of the molecule is Cc1ccc(CNc2ccncc2C(=O)O)o1. The number of pyridine rings is 1. The molecule has 0 bridgehead atoms. The predicted octanol–water partition coefficient (Wildman–Crippen LogP) is 2.29. The van der Waals surface area contributed by atoms with Gasteiger partial charge in [-0.1, -0.05) is 0 Å². The highest BCUT2D eigenvalue weighted by Gasteiger charge is 2.09. The first-order valence-corrected chi connectivity index (χ1v) is 5.13. The van der Waals surface area contributed by atoms with Crippen molar-refractivity contribution < 1.29 is 14.3 Å². The predicted molar refractivity (Wildman–Crippen MR) is 62.0 cm³/mol. The third-order valence-electron chi connectivity index (χ3n) is 2.30. The number of nitrogens with one attached hydrogen (secondary N) is 1. The first-order chi connectivity index (χ1) is 8.16. The minimum Gasteiger partial charge on any atom is -0.478 e. The van der Waals surface area contributed by atoms with E-state index in [1.807, 2.05) is 19.1 Å². The van der Waals surface area contributed by atoms with E-state index in [-0.39, 0.29) is 5.56 Å². The van der Waals surface area contributed by atoms with E-state index >= 15 is 0 Å². The van der Waals surface area contributed by atoms with Crippen LogP contribution in [0.1, 0.15) is 21.9 Å². The van der Waals surface area contributed by atoms with Gasteiger partial charge in [-0.3, -0.25) is 4.98 Å². The van der Waals surface area contributed by atoms with E-state index in [2.05, 4.69) is 10.3 Å². The van der Waals surface area contributed by atoms with Gasteiger partial charge >= 0.3 is 5.97 Å². The first kappa shape index (κ1) is 11.2. The second-order valence-corrected chi connectivity index (χ2v) is 3.59. The monoisotopic (exact) mass is 232 g/mol. The highest BCUT2D eigenvalue weighted by molar-refractivity contribution is 5.93. The van der Waals surface area contributed by atoms with Crippen LogP contribution < -0.4 is 5.32 Å². The molecular weight excluding hydrogens is 220 g/mol. The van der Waals surface area contributed by atoms with Gasteiger partial charge in [0.25, 0.3) is 0 Å². The van der Waals surface area contributed by atoms with Crippen LogP contribution in [0.15, 0.2) is 35.0 Å². The maximum Gasteiger partial charge on any atom is 0.339 e. The normalized spacial score (nSPS) is 10.2. The van der Waals surface area contributed by atoms with E-state index in [9.17, 15) is 4.79 Å². The Balaban J connectivity index is 2.11. The molecule has 0 aliphatic carbocycles. The van der Waals surface area contributed by atoms with E-state index in [1.165, 1.54) is 6.20 Å².